The van der Waals surface area contributed by atoms with Crippen molar-refractivity contribution in [2.45, 2.75) is 12.8 Å². The van der Waals surface area contributed by atoms with Crippen LogP contribution in [0.25, 0.3) is 5.95 Å². The van der Waals surface area contributed by atoms with Gasteiger partial charge in [0.05, 0.1) is 11.6 Å². The van der Waals surface area contributed by atoms with Gasteiger partial charge < -0.3 is 4.57 Å². The molecule has 0 aliphatic rings. The molecule has 0 spiro atoms. The molecule has 0 saturated heterocycles. The number of hydrogen-bond donors (Lipinski definition) is 0. The topological polar surface area (TPSA) is 48.5 Å². The Kier molecular flexibility index (Phi) is 2.67. The van der Waals surface area contributed by atoms with E-state index in [1.807, 2.05) is 14.0 Å². The minimum atomic E-state index is 0.336. The summed E-state index contributed by atoms with van der Waals surface area (Å²) in [5.74, 6) is 0.905. The number of rotatable bonds is 2. The SMILES string of the molecule is Cc1nn(-c2nncn2C)c(Cl)c1CCl. The number of nitrogens with zero attached hydrogens (tertiary/aromatic N) is 5. The number of aryl methyl sites for hydroxylation is 2. The van der Waals surface area contributed by atoms with Crippen LogP contribution in [-0.2, 0) is 12.9 Å². The lowest BCUT2D eigenvalue weighted by Crippen LogP contribution is -2.04. The molecular formula is C8H9Cl2N5. The maximum Gasteiger partial charge on any atom is 0.252 e. The van der Waals surface area contributed by atoms with Crippen molar-refractivity contribution in [3.63, 3.8) is 0 Å². The van der Waals surface area contributed by atoms with E-state index in [4.69, 9.17) is 23.2 Å². The van der Waals surface area contributed by atoms with Crippen LogP contribution in [0.15, 0.2) is 6.33 Å². The molecule has 0 amide bonds. The van der Waals surface area contributed by atoms with Gasteiger partial charge in [-0.25, -0.2) is 0 Å². The van der Waals surface area contributed by atoms with Crippen molar-refractivity contribution >= 4 is 23.2 Å². The first-order chi connectivity index (χ1) is 7.15. The van der Waals surface area contributed by atoms with E-state index >= 15 is 0 Å². The predicted molar refractivity (Wildman–Crippen MR) is 57.4 cm³/mol. The van der Waals surface area contributed by atoms with E-state index in [1.165, 1.54) is 4.68 Å². The molecule has 0 fully saturated rings. The van der Waals surface area contributed by atoms with Crippen LogP contribution in [0.5, 0.6) is 0 Å². The molecule has 0 radical (unpaired) electrons. The molecule has 0 aliphatic carbocycles. The molecular weight excluding hydrogens is 237 g/mol. The van der Waals surface area contributed by atoms with E-state index in [1.54, 1.807) is 10.9 Å². The number of hydrogen-bond acceptors (Lipinski definition) is 3. The zero-order valence-electron chi connectivity index (χ0n) is 8.28. The number of aromatic nitrogens is 5. The molecule has 2 heterocycles. The van der Waals surface area contributed by atoms with Crippen molar-refractivity contribution in [3.05, 3.63) is 22.7 Å². The average Bonchev–Trinajstić information content (AvgIpc) is 2.71. The molecule has 0 atom stereocenters. The quantitative estimate of drug-likeness (QED) is 0.758. The molecule has 0 saturated carbocycles. The van der Waals surface area contributed by atoms with Crippen molar-refractivity contribution in [2.24, 2.45) is 7.05 Å². The first-order valence-electron chi connectivity index (χ1n) is 4.29. The highest BCUT2D eigenvalue weighted by Crippen LogP contribution is 2.23. The smallest absolute Gasteiger partial charge is 0.252 e. The van der Waals surface area contributed by atoms with E-state index in [0.717, 1.165) is 11.3 Å². The van der Waals surface area contributed by atoms with Gasteiger partial charge in [0.2, 0.25) is 0 Å². The van der Waals surface area contributed by atoms with Gasteiger partial charge in [-0.15, -0.1) is 21.8 Å². The molecule has 0 bridgehead atoms. The molecule has 0 aliphatic heterocycles. The van der Waals surface area contributed by atoms with Crippen LogP contribution in [0.2, 0.25) is 5.15 Å². The van der Waals surface area contributed by atoms with Crippen LogP contribution >= 0.6 is 23.2 Å². The highest BCUT2D eigenvalue weighted by Gasteiger charge is 2.16. The van der Waals surface area contributed by atoms with Crippen LogP contribution in [-0.4, -0.2) is 24.5 Å². The molecule has 0 N–H and O–H groups in total. The van der Waals surface area contributed by atoms with E-state index < -0.39 is 0 Å². The minimum absolute atomic E-state index is 0.336. The second-order valence-electron chi connectivity index (χ2n) is 3.14. The van der Waals surface area contributed by atoms with E-state index in [2.05, 4.69) is 15.3 Å². The first-order valence-corrected chi connectivity index (χ1v) is 5.20. The normalized spacial score (nSPS) is 10.9. The molecule has 0 unspecified atom stereocenters. The summed E-state index contributed by atoms with van der Waals surface area (Å²) in [6.45, 7) is 1.86. The maximum absolute atomic E-state index is 6.13. The van der Waals surface area contributed by atoms with Crippen LogP contribution in [0, 0.1) is 6.92 Å². The van der Waals surface area contributed by atoms with Crippen molar-refractivity contribution in [2.75, 3.05) is 0 Å². The van der Waals surface area contributed by atoms with Gasteiger partial charge in [-0.05, 0) is 6.92 Å². The number of alkyl halides is 1. The molecule has 2 rings (SSSR count). The lowest BCUT2D eigenvalue weighted by molar-refractivity contribution is 0.742. The molecule has 80 valence electrons. The molecule has 2 aromatic heterocycles. The summed E-state index contributed by atoms with van der Waals surface area (Å²) in [4.78, 5) is 0. The second-order valence-corrected chi connectivity index (χ2v) is 3.77. The lowest BCUT2D eigenvalue weighted by atomic mass is 10.3. The van der Waals surface area contributed by atoms with Crippen molar-refractivity contribution in [3.8, 4) is 5.95 Å². The second kappa shape index (κ2) is 3.83. The highest BCUT2D eigenvalue weighted by atomic mass is 35.5. The Morgan fingerprint density at radius 1 is 1.47 bits per heavy atom. The summed E-state index contributed by atoms with van der Waals surface area (Å²) < 4.78 is 3.26. The largest absolute Gasteiger partial charge is 0.301 e. The average molecular weight is 246 g/mol. The minimum Gasteiger partial charge on any atom is -0.301 e. The summed E-state index contributed by atoms with van der Waals surface area (Å²) in [7, 11) is 1.82. The Balaban J connectivity index is 2.60. The molecule has 2 aromatic rings. The van der Waals surface area contributed by atoms with Gasteiger partial charge in [0, 0.05) is 12.6 Å². The fourth-order valence-electron chi connectivity index (χ4n) is 1.28. The van der Waals surface area contributed by atoms with E-state index in [0.29, 0.717) is 17.0 Å². The van der Waals surface area contributed by atoms with Crippen molar-refractivity contribution < 1.29 is 0 Å². The lowest BCUT2D eigenvalue weighted by Gasteiger charge is -2.00. The van der Waals surface area contributed by atoms with Gasteiger partial charge in [0.15, 0.2) is 0 Å². The van der Waals surface area contributed by atoms with Gasteiger partial charge in [-0.2, -0.15) is 9.78 Å². The van der Waals surface area contributed by atoms with Gasteiger partial charge in [0.1, 0.15) is 11.5 Å². The molecule has 15 heavy (non-hydrogen) atoms. The maximum atomic E-state index is 6.13. The Bertz CT molecular complexity index is 487. The summed E-state index contributed by atoms with van der Waals surface area (Å²) in [5, 5.41) is 12.4. The van der Waals surface area contributed by atoms with Crippen LogP contribution in [0.4, 0.5) is 0 Å². The van der Waals surface area contributed by atoms with Crippen LogP contribution < -0.4 is 0 Å². The fraction of sp³-hybridized carbons (Fsp3) is 0.375. The third-order valence-corrected chi connectivity index (χ3v) is 2.79. The van der Waals surface area contributed by atoms with Gasteiger partial charge in [-0.1, -0.05) is 11.6 Å². The Morgan fingerprint density at radius 3 is 2.67 bits per heavy atom. The van der Waals surface area contributed by atoms with Crippen molar-refractivity contribution in [1.82, 2.24) is 24.5 Å². The Morgan fingerprint density at radius 2 is 2.20 bits per heavy atom. The third-order valence-electron chi connectivity index (χ3n) is 2.13. The zero-order chi connectivity index (χ0) is 11.0. The molecule has 7 heteroatoms. The predicted octanol–water partition coefficient (Wildman–Crippen LogP) is 1.70. The van der Waals surface area contributed by atoms with Gasteiger partial charge in [0.25, 0.3) is 5.95 Å². The zero-order valence-corrected chi connectivity index (χ0v) is 9.79. The third kappa shape index (κ3) is 1.61. The molecule has 5 nitrogen and oxygen atoms in total. The van der Waals surface area contributed by atoms with Gasteiger partial charge in [-0.3, -0.25) is 0 Å². The van der Waals surface area contributed by atoms with E-state index in [-0.39, 0.29) is 0 Å². The summed E-state index contributed by atoms with van der Waals surface area (Å²) in [6, 6.07) is 0. The first kappa shape index (κ1) is 10.4. The summed E-state index contributed by atoms with van der Waals surface area (Å²) in [5.41, 5.74) is 1.62. The summed E-state index contributed by atoms with van der Waals surface area (Å²) in [6.07, 6.45) is 1.59. The summed E-state index contributed by atoms with van der Waals surface area (Å²) >= 11 is 11.9. The molecule has 0 aromatic carbocycles. The Labute approximate surface area is 96.6 Å². The van der Waals surface area contributed by atoms with Gasteiger partial charge >= 0.3 is 0 Å². The van der Waals surface area contributed by atoms with Crippen molar-refractivity contribution in [1.29, 1.82) is 0 Å². The van der Waals surface area contributed by atoms with E-state index in [9.17, 15) is 0 Å². The highest BCUT2D eigenvalue weighted by molar-refractivity contribution is 6.31. The standard InChI is InChI=1S/C8H9Cl2N5/c1-5-6(3-9)7(10)15(13-5)8-12-11-4-14(8)2/h4H,3H2,1-2H3. The fourth-order valence-corrected chi connectivity index (χ4v) is 1.99. The Hall–Kier alpha value is -1.07. The monoisotopic (exact) mass is 245 g/mol. The number of halogens is 2. The van der Waals surface area contributed by atoms with Crippen LogP contribution in [0.3, 0.4) is 0 Å². The van der Waals surface area contributed by atoms with Crippen LogP contribution in [0.1, 0.15) is 11.3 Å².